The number of fused-ring (bicyclic) bond motifs is 1. The van der Waals surface area contributed by atoms with E-state index in [4.69, 9.17) is 4.98 Å². The van der Waals surface area contributed by atoms with Gasteiger partial charge in [-0.1, -0.05) is 6.07 Å². The Balaban J connectivity index is 1.46. The first-order chi connectivity index (χ1) is 12.3. The number of nitrogens with one attached hydrogen (secondary N) is 1. The van der Waals surface area contributed by atoms with Crippen LogP contribution in [0.25, 0.3) is 0 Å². The summed E-state index contributed by atoms with van der Waals surface area (Å²) in [7, 11) is 0. The minimum Gasteiger partial charge on any atom is -0.349 e. The molecule has 2 aliphatic rings. The predicted octanol–water partition coefficient (Wildman–Crippen LogP) is 3.26. The molecule has 0 aromatic carbocycles. The summed E-state index contributed by atoms with van der Waals surface area (Å²) in [6, 6.07) is 4.04. The third kappa shape index (κ3) is 3.84. The number of hydrogen-bond donors (Lipinski definition) is 1. The zero-order valence-electron chi connectivity index (χ0n) is 14.4. The van der Waals surface area contributed by atoms with E-state index in [9.17, 15) is 4.79 Å². The second-order valence-electron chi connectivity index (χ2n) is 6.89. The molecular weight excluding hydrogens is 332 g/mol. The summed E-state index contributed by atoms with van der Waals surface area (Å²) in [6.07, 6.45) is 9.17. The van der Waals surface area contributed by atoms with Crippen LogP contribution in [0.4, 0.5) is 5.95 Å². The summed E-state index contributed by atoms with van der Waals surface area (Å²) in [5.74, 6) is 0.949. The van der Waals surface area contributed by atoms with Crippen LogP contribution >= 0.6 is 11.3 Å². The smallest absolute Gasteiger partial charge is 0.225 e. The molecule has 1 N–H and O–H groups in total. The molecule has 1 aliphatic carbocycles. The molecule has 3 heterocycles. The monoisotopic (exact) mass is 356 g/mol. The van der Waals surface area contributed by atoms with Crippen molar-refractivity contribution in [3.8, 4) is 0 Å². The maximum Gasteiger partial charge on any atom is 0.225 e. The van der Waals surface area contributed by atoms with E-state index in [1.807, 2.05) is 23.7 Å². The van der Waals surface area contributed by atoms with E-state index in [2.05, 4.69) is 15.2 Å². The molecule has 0 spiro atoms. The molecule has 5 nitrogen and oxygen atoms in total. The third-order valence-electron chi connectivity index (χ3n) is 5.06. The molecule has 4 rings (SSSR count). The average molecular weight is 356 g/mol. The minimum absolute atomic E-state index is 0.0478. The lowest BCUT2D eigenvalue weighted by Crippen LogP contribution is -2.34. The number of piperidine rings is 1. The number of nitrogens with zero attached hydrogens (tertiary/aromatic N) is 3. The number of thiophene rings is 1. The Morgan fingerprint density at radius 3 is 2.96 bits per heavy atom. The first-order valence-corrected chi connectivity index (χ1v) is 10.1. The van der Waals surface area contributed by atoms with Gasteiger partial charge in [0, 0.05) is 29.7 Å². The molecule has 1 aliphatic heterocycles. The van der Waals surface area contributed by atoms with Crippen molar-refractivity contribution in [3.63, 3.8) is 0 Å². The number of aryl methyl sites for hydroxylation is 1. The Bertz CT molecular complexity index is 725. The van der Waals surface area contributed by atoms with Crippen molar-refractivity contribution in [2.24, 2.45) is 0 Å². The summed E-state index contributed by atoms with van der Waals surface area (Å²) in [4.78, 5) is 25.2. The molecule has 0 bridgehead atoms. The van der Waals surface area contributed by atoms with Crippen molar-refractivity contribution in [2.45, 2.75) is 51.0 Å². The van der Waals surface area contributed by atoms with Gasteiger partial charge < -0.3 is 10.2 Å². The van der Waals surface area contributed by atoms with Gasteiger partial charge in [0.05, 0.1) is 18.2 Å². The number of rotatable bonds is 4. The van der Waals surface area contributed by atoms with E-state index >= 15 is 0 Å². The van der Waals surface area contributed by atoms with E-state index in [0.29, 0.717) is 6.42 Å². The Morgan fingerprint density at radius 2 is 2.16 bits per heavy atom. The highest BCUT2D eigenvalue weighted by atomic mass is 32.1. The summed E-state index contributed by atoms with van der Waals surface area (Å²) in [6.45, 7) is 2.11. The molecule has 25 heavy (non-hydrogen) atoms. The highest BCUT2D eigenvalue weighted by Crippen LogP contribution is 2.29. The van der Waals surface area contributed by atoms with Crippen molar-refractivity contribution >= 4 is 23.2 Å². The number of hydrogen-bond acceptors (Lipinski definition) is 5. The Morgan fingerprint density at radius 1 is 1.28 bits per heavy atom. The van der Waals surface area contributed by atoms with Crippen LogP contribution < -0.4 is 10.2 Å². The van der Waals surface area contributed by atoms with Crippen molar-refractivity contribution in [1.29, 1.82) is 0 Å². The van der Waals surface area contributed by atoms with Gasteiger partial charge in [-0.3, -0.25) is 4.79 Å². The highest BCUT2D eigenvalue weighted by molar-refractivity contribution is 7.10. The van der Waals surface area contributed by atoms with Gasteiger partial charge in [-0.15, -0.1) is 11.3 Å². The van der Waals surface area contributed by atoms with Gasteiger partial charge in [0.1, 0.15) is 0 Å². The highest BCUT2D eigenvalue weighted by Gasteiger charge is 2.25. The van der Waals surface area contributed by atoms with Crippen molar-refractivity contribution in [1.82, 2.24) is 15.3 Å². The number of carbonyl (C=O) groups excluding carboxylic acids is 1. The number of amides is 1. The summed E-state index contributed by atoms with van der Waals surface area (Å²) in [5, 5.41) is 5.19. The molecule has 0 saturated carbocycles. The maximum atomic E-state index is 12.3. The second kappa shape index (κ2) is 7.52. The molecule has 0 radical (unpaired) electrons. The van der Waals surface area contributed by atoms with Gasteiger partial charge >= 0.3 is 0 Å². The summed E-state index contributed by atoms with van der Waals surface area (Å²) >= 11 is 1.63. The van der Waals surface area contributed by atoms with Crippen LogP contribution in [-0.2, 0) is 17.6 Å². The van der Waals surface area contributed by atoms with E-state index in [1.165, 1.54) is 19.3 Å². The molecule has 1 amide bonds. The lowest BCUT2D eigenvalue weighted by atomic mass is 9.92. The molecular formula is C19H24N4OS. The fourth-order valence-corrected chi connectivity index (χ4v) is 4.45. The third-order valence-corrected chi connectivity index (χ3v) is 5.93. The number of carbonyl (C=O) groups is 1. The zero-order valence-corrected chi connectivity index (χ0v) is 15.2. The van der Waals surface area contributed by atoms with Crippen LogP contribution in [0.2, 0.25) is 0 Å². The van der Waals surface area contributed by atoms with Gasteiger partial charge in [-0.2, -0.15) is 0 Å². The second-order valence-corrected chi connectivity index (χ2v) is 7.92. The van der Waals surface area contributed by atoms with E-state index in [1.54, 1.807) is 11.3 Å². The molecule has 6 heteroatoms. The van der Waals surface area contributed by atoms with Crippen LogP contribution in [0.1, 0.15) is 54.3 Å². The molecule has 2 aromatic rings. The standard InChI is InChI=1S/C19H24N4OS/c24-18(12-14-6-5-11-25-14)21-16-7-4-8-17-15(16)13-20-19(22-17)23-9-2-1-3-10-23/h5-6,11,13,16H,1-4,7-10,12H2,(H,21,24)/t16-/m1/s1. The fraction of sp³-hybridized carbons (Fsp3) is 0.526. The normalized spacial score (nSPS) is 20.2. The SMILES string of the molecule is O=C(Cc1cccs1)N[C@@H]1CCCc2nc(N3CCCCC3)ncc21. The Labute approximate surface area is 152 Å². The fourth-order valence-electron chi connectivity index (χ4n) is 3.75. The predicted molar refractivity (Wildman–Crippen MR) is 99.9 cm³/mol. The van der Waals surface area contributed by atoms with Crippen LogP contribution in [0, 0.1) is 0 Å². The van der Waals surface area contributed by atoms with E-state index < -0.39 is 0 Å². The van der Waals surface area contributed by atoms with Crippen LogP contribution in [0.3, 0.4) is 0 Å². The number of anilines is 1. The molecule has 132 valence electrons. The first kappa shape index (κ1) is 16.5. The minimum atomic E-state index is 0.0478. The van der Waals surface area contributed by atoms with Crippen LogP contribution in [-0.4, -0.2) is 29.0 Å². The summed E-state index contributed by atoms with van der Waals surface area (Å²) in [5.41, 5.74) is 2.22. The van der Waals surface area contributed by atoms with Crippen molar-refractivity contribution < 1.29 is 4.79 Å². The largest absolute Gasteiger partial charge is 0.349 e. The Kier molecular flexibility index (Phi) is 4.97. The molecule has 1 saturated heterocycles. The quantitative estimate of drug-likeness (QED) is 0.913. The van der Waals surface area contributed by atoms with Crippen molar-refractivity contribution in [3.05, 3.63) is 39.8 Å². The number of aromatic nitrogens is 2. The van der Waals surface area contributed by atoms with Gasteiger partial charge in [-0.05, 0) is 50.0 Å². The first-order valence-electron chi connectivity index (χ1n) is 9.22. The Hall–Kier alpha value is -1.95. The summed E-state index contributed by atoms with van der Waals surface area (Å²) < 4.78 is 0. The molecule has 1 fully saturated rings. The van der Waals surface area contributed by atoms with Crippen LogP contribution in [0.15, 0.2) is 23.7 Å². The maximum absolute atomic E-state index is 12.3. The molecule has 2 aromatic heterocycles. The van der Waals surface area contributed by atoms with E-state index in [-0.39, 0.29) is 11.9 Å². The van der Waals surface area contributed by atoms with Gasteiger partial charge in [0.2, 0.25) is 11.9 Å². The van der Waals surface area contributed by atoms with Crippen molar-refractivity contribution in [2.75, 3.05) is 18.0 Å². The van der Waals surface area contributed by atoms with Gasteiger partial charge in [0.25, 0.3) is 0 Å². The van der Waals surface area contributed by atoms with E-state index in [0.717, 1.165) is 54.4 Å². The van der Waals surface area contributed by atoms with Crippen LogP contribution in [0.5, 0.6) is 0 Å². The van der Waals surface area contributed by atoms with Gasteiger partial charge in [-0.25, -0.2) is 9.97 Å². The molecule has 0 unspecified atom stereocenters. The lowest BCUT2D eigenvalue weighted by molar-refractivity contribution is -0.121. The molecule has 1 atom stereocenters. The zero-order chi connectivity index (χ0) is 17.1. The topological polar surface area (TPSA) is 58.1 Å². The average Bonchev–Trinajstić information content (AvgIpc) is 3.15. The van der Waals surface area contributed by atoms with Gasteiger partial charge in [0.15, 0.2) is 0 Å². The lowest BCUT2D eigenvalue weighted by Gasteiger charge is -2.29.